The van der Waals surface area contributed by atoms with Crippen molar-refractivity contribution in [3.05, 3.63) is 0 Å². The van der Waals surface area contributed by atoms with Gasteiger partial charge in [-0.2, -0.15) is 0 Å². The average Bonchev–Trinajstić information content (AvgIpc) is 2.21. The molecular weight excluding hydrogens is 174 g/mol. The minimum Gasteiger partial charge on any atom is -0.330 e. The van der Waals surface area contributed by atoms with Gasteiger partial charge in [0.25, 0.3) is 0 Å². The van der Waals surface area contributed by atoms with Crippen LogP contribution in [0.1, 0.15) is 39.0 Å². The molecule has 4 N–H and O–H groups in total. The van der Waals surface area contributed by atoms with Crippen LogP contribution in [0.5, 0.6) is 0 Å². The van der Waals surface area contributed by atoms with Gasteiger partial charge in [-0.25, -0.2) is 0 Å². The molecule has 0 saturated carbocycles. The molecule has 0 atom stereocenters. The molecule has 3 nitrogen and oxygen atoms in total. The molecule has 0 rings (SSSR count). The molecule has 0 aliphatic carbocycles. The molecule has 3 heteroatoms. The van der Waals surface area contributed by atoms with Gasteiger partial charge in [-0.15, -0.1) is 0 Å². The Balaban J connectivity index is 2.78. The highest BCUT2D eigenvalue weighted by atomic mass is 14.9. The van der Waals surface area contributed by atoms with Gasteiger partial charge < -0.3 is 16.4 Å². The SMILES string of the molecule is CCCCNCCCNCCCCN. The number of hydrogen-bond donors (Lipinski definition) is 3. The Hall–Kier alpha value is -0.120. The minimum atomic E-state index is 0.820. The maximum absolute atomic E-state index is 5.40. The Bertz CT molecular complexity index is 84.5. The Labute approximate surface area is 88.8 Å². The molecule has 0 unspecified atom stereocenters. The van der Waals surface area contributed by atoms with Crippen LogP contribution >= 0.6 is 0 Å². The van der Waals surface area contributed by atoms with Crippen molar-refractivity contribution in [2.24, 2.45) is 5.73 Å². The standard InChI is InChI=1S/C11H27N3/c1-2-3-8-13-10-6-11-14-9-5-4-7-12/h13-14H,2-12H2,1H3. The normalized spacial score (nSPS) is 10.7. The molecule has 0 heterocycles. The van der Waals surface area contributed by atoms with Gasteiger partial charge in [0, 0.05) is 0 Å². The van der Waals surface area contributed by atoms with E-state index < -0.39 is 0 Å². The van der Waals surface area contributed by atoms with E-state index in [9.17, 15) is 0 Å². The second kappa shape index (κ2) is 12.9. The molecule has 86 valence electrons. The molecule has 14 heavy (non-hydrogen) atoms. The first kappa shape index (κ1) is 13.9. The van der Waals surface area contributed by atoms with Crippen molar-refractivity contribution in [1.29, 1.82) is 0 Å². The summed E-state index contributed by atoms with van der Waals surface area (Å²) < 4.78 is 0. The van der Waals surface area contributed by atoms with Crippen LogP contribution in [0.4, 0.5) is 0 Å². The van der Waals surface area contributed by atoms with E-state index in [0.717, 1.165) is 32.6 Å². The molecule has 0 aliphatic rings. The number of rotatable bonds is 11. The maximum Gasteiger partial charge on any atom is -0.00368 e. The van der Waals surface area contributed by atoms with Gasteiger partial charge in [0.1, 0.15) is 0 Å². The highest BCUT2D eigenvalue weighted by Gasteiger charge is 1.89. The predicted molar refractivity (Wildman–Crippen MR) is 63.6 cm³/mol. The molecule has 0 fully saturated rings. The predicted octanol–water partition coefficient (Wildman–Crippen LogP) is 1.09. The van der Waals surface area contributed by atoms with Gasteiger partial charge in [0.2, 0.25) is 0 Å². The Morgan fingerprint density at radius 1 is 0.786 bits per heavy atom. The van der Waals surface area contributed by atoms with Crippen molar-refractivity contribution >= 4 is 0 Å². The van der Waals surface area contributed by atoms with Crippen molar-refractivity contribution in [2.45, 2.75) is 39.0 Å². The fourth-order valence-corrected chi connectivity index (χ4v) is 1.28. The molecule has 0 amide bonds. The van der Waals surface area contributed by atoms with Crippen LogP contribution in [-0.4, -0.2) is 32.7 Å². The summed E-state index contributed by atoms with van der Waals surface area (Å²) in [6, 6.07) is 0. The van der Waals surface area contributed by atoms with Gasteiger partial charge >= 0.3 is 0 Å². The lowest BCUT2D eigenvalue weighted by atomic mass is 10.3. The third kappa shape index (κ3) is 11.9. The van der Waals surface area contributed by atoms with Gasteiger partial charge in [-0.05, 0) is 58.4 Å². The fourth-order valence-electron chi connectivity index (χ4n) is 1.28. The Morgan fingerprint density at radius 2 is 1.36 bits per heavy atom. The maximum atomic E-state index is 5.40. The molecule has 0 aliphatic heterocycles. The van der Waals surface area contributed by atoms with Gasteiger partial charge in [-0.1, -0.05) is 13.3 Å². The lowest BCUT2D eigenvalue weighted by Crippen LogP contribution is -2.23. The molecular formula is C11H27N3. The zero-order valence-electron chi connectivity index (χ0n) is 9.65. The van der Waals surface area contributed by atoms with Crippen LogP contribution in [0.15, 0.2) is 0 Å². The molecule has 0 radical (unpaired) electrons. The first-order valence-electron chi connectivity index (χ1n) is 6.03. The van der Waals surface area contributed by atoms with E-state index in [-0.39, 0.29) is 0 Å². The van der Waals surface area contributed by atoms with Gasteiger partial charge in [-0.3, -0.25) is 0 Å². The summed E-state index contributed by atoms with van der Waals surface area (Å²) >= 11 is 0. The summed E-state index contributed by atoms with van der Waals surface area (Å²) in [6.45, 7) is 7.60. The zero-order valence-corrected chi connectivity index (χ0v) is 9.65. The van der Waals surface area contributed by atoms with E-state index in [4.69, 9.17) is 5.73 Å². The molecule has 0 aromatic rings. The molecule has 0 aromatic carbocycles. The molecule has 0 aromatic heterocycles. The van der Waals surface area contributed by atoms with E-state index in [0.29, 0.717) is 0 Å². The number of hydrogen-bond acceptors (Lipinski definition) is 3. The van der Waals surface area contributed by atoms with Gasteiger partial charge in [0.15, 0.2) is 0 Å². The monoisotopic (exact) mass is 201 g/mol. The first-order valence-corrected chi connectivity index (χ1v) is 6.03. The molecule has 0 bridgehead atoms. The Kier molecular flexibility index (Phi) is 12.8. The van der Waals surface area contributed by atoms with E-state index in [1.807, 2.05) is 0 Å². The highest BCUT2D eigenvalue weighted by Crippen LogP contribution is 1.84. The molecule has 0 spiro atoms. The summed E-state index contributed by atoms with van der Waals surface area (Å²) in [4.78, 5) is 0. The van der Waals surface area contributed by atoms with E-state index >= 15 is 0 Å². The van der Waals surface area contributed by atoms with Crippen molar-refractivity contribution in [2.75, 3.05) is 32.7 Å². The van der Waals surface area contributed by atoms with Crippen molar-refractivity contribution in [1.82, 2.24) is 10.6 Å². The van der Waals surface area contributed by atoms with Crippen LogP contribution in [0.25, 0.3) is 0 Å². The largest absolute Gasteiger partial charge is 0.330 e. The Morgan fingerprint density at radius 3 is 1.93 bits per heavy atom. The average molecular weight is 201 g/mol. The lowest BCUT2D eigenvalue weighted by molar-refractivity contribution is 0.568. The van der Waals surface area contributed by atoms with Crippen LogP contribution in [0.3, 0.4) is 0 Å². The summed E-state index contributed by atoms with van der Waals surface area (Å²) in [5.41, 5.74) is 5.40. The van der Waals surface area contributed by atoms with Crippen molar-refractivity contribution < 1.29 is 0 Å². The molecule has 0 saturated heterocycles. The first-order chi connectivity index (χ1) is 6.91. The van der Waals surface area contributed by atoms with Crippen molar-refractivity contribution in [3.8, 4) is 0 Å². The highest BCUT2D eigenvalue weighted by molar-refractivity contribution is 4.52. The summed E-state index contributed by atoms with van der Waals surface area (Å²) in [7, 11) is 0. The summed E-state index contributed by atoms with van der Waals surface area (Å²) in [6.07, 6.45) is 6.15. The van der Waals surface area contributed by atoms with Crippen LogP contribution < -0.4 is 16.4 Å². The van der Waals surface area contributed by atoms with Crippen LogP contribution in [-0.2, 0) is 0 Å². The van der Waals surface area contributed by atoms with E-state index in [1.54, 1.807) is 0 Å². The lowest BCUT2D eigenvalue weighted by Gasteiger charge is -2.05. The number of nitrogens with two attached hydrogens (primary N) is 1. The smallest absolute Gasteiger partial charge is 0.00368 e. The van der Waals surface area contributed by atoms with E-state index in [1.165, 1.54) is 32.2 Å². The van der Waals surface area contributed by atoms with Crippen molar-refractivity contribution in [3.63, 3.8) is 0 Å². The second-order valence-electron chi connectivity index (χ2n) is 3.70. The fraction of sp³-hybridized carbons (Fsp3) is 1.00. The van der Waals surface area contributed by atoms with Crippen LogP contribution in [0.2, 0.25) is 0 Å². The third-order valence-electron chi connectivity index (χ3n) is 2.22. The number of nitrogens with one attached hydrogen (secondary N) is 2. The van der Waals surface area contributed by atoms with Gasteiger partial charge in [0.05, 0.1) is 0 Å². The van der Waals surface area contributed by atoms with Crippen LogP contribution in [0, 0.1) is 0 Å². The van der Waals surface area contributed by atoms with E-state index in [2.05, 4.69) is 17.6 Å². The zero-order chi connectivity index (χ0) is 10.5. The summed E-state index contributed by atoms with van der Waals surface area (Å²) in [5.74, 6) is 0. The second-order valence-corrected chi connectivity index (χ2v) is 3.70. The topological polar surface area (TPSA) is 50.1 Å². The summed E-state index contributed by atoms with van der Waals surface area (Å²) in [5, 5.41) is 6.84. The quantitative estimate of drug-likeness (QED) is 0.439. The minimum absolute atomic E-state index is 0.820. The third-order valence-corrected chi connectivity index (χ3v) is 2.22. The number of unbranched alkanes of at least 4 members (excludes halogenated alkanes) is 2.